The zero-order chi connectivity index (χ0) is 24.8. The summed E-state index contributed by atoms with van der Waals surface area (Å²) in [6.07, 6.45) is 6.10. The van der Waals surface area contributed by atoms with Crippen LogP contribution in [0.25, 0.3) is 5.52 Å². The zero-order valence-electron chi connectivity index (χ0n) is 20.4. The summed E-state index contributed by atoms with van der Waals surface area (Å²) in [5.41, 5.74) is 3.97. The van der Waals surface area contributed by atoms with Crippen molar-refractivity contribution in [1.29, 1.82) is 0 Å². The van der Waals surface area contributed by atoms with Gasteiger partial charge in [0.05, 0.1) is 23.0 Å². The molecule has 0 bridgehead atoms. The van der Waals surface area contributed by atoms with Crippen LogP contribution >= 0.6 is 27.5 Å². The fraction of sp³-hybridized carbons (Fsp3) is 0.542. The minimum Gasteiger partial charge on any atom is -0.598 e. The van der Waals surface area contributed by atoms with Gasteiger partial charge in [0.25, 0.3) is 0 Å². The van der Waals surface area contributed by atoms with Crippen LogP contribution in [0.4, 0.5) is 5.82 Å². The average molecular weight is 568 g/mol. The molecule has 0 radical (unpaired) electrons. The fourth-order valence-electron chi connectivity index (χ4n) is 4.90. The highest BCUT2D eigenvalue weighted by atomic mass is 79.9. The molecule has 1 fully saturated rings. The highest BCUT2D eigenvalue weighted by Gasteiger charge is 2.50. The van der Waals surface area contributed by atoms with E-state index in [-0.39, 0.29) is 16.2 Å². The van der Waals surface area contributed by atoms with Crippen LogP contribution in [0.1, 0.15) is 52.7 Å². The number of hydrogen-bond donors (Lipinski definition) is 1. The zero-order valence-corrected chi connectivity index (χ0v) is 23.5. The summed E-state index contributed by atoms with van der Waals surface area (Å²) in [4.78, 5) is 11.9. The van der Waals surface area contributed by atoms with E-state index in [1.165, 1.54) is 0 Å². The van der Waals surface area contributed by atoms with Crippen molar-refractivity contribution in [2.75, 3.05) is 18.0 Å². The van der Waals surface area contributed by atoms with Gasteiger partial charge in [0.1, 0.15) is 14.9 Å². The van der Waals surface area contributed by atoms with Crippen LogP contribution in [0.2, 0.25) is 0 Å². The maximum Gasteiger partial charge on any atom is 0.155 e. The van der Waals surface area contributed by atoms with Gasteiger partial charge in [-0.2, -0.15) is 5.10 Å². The van der Waals surface area contributed by atoms with Crippen molar-refractivity contribution >= 4 is 56.4 Å². The lowest BCUT2D eigenvalue weighted by Gasteiger charge is -2.44. The van der Waals surface area contributed by atoms with Crippen molar-refractivity contribution in [1.82, 2.24) is 19.3 Å². The maximum absolute atomic E-state index is 13.1. The van der Waals surface area contributed by atoms with Gasteiger partial charge in [0.15, 0.2) is 5.82 Å². The molecule has 1 spiro atoms. The Balaban J connectivity index is 1.62. The number of halogens is 2. The minimum atomic E-state index is -1.19. The first-order valence-corrected chi connectivity index (χ1v) is 13.8. The number of aliphatic imine (C=N–C) groups is 1. The third kappa shape index (κ3) is 4.82. The second-order valence-corrected chi connectivity index (χ2v) is 13.5. The van der Waals surface area contributed by atoms with E-state index in [1.807, 2.05) is 38.3 Å². The van der Waals surface area contributed by atoms with Crippen molar-refractivity contribution in [3.8, 4) is 0 Å². The normalized spacial score (nSPS) is 21.9. The summed E-state index contributed by atoms with van der Waals surface area (Å²) >= 11 is 8.37. The molecule has 2 aromatic rings. The van der Waals surface area contributed by atoms with E-state index < -0.39 is 11.4 Å². The summed E-state index contributed by atoms with van der Waals surface area (Å²) in [6.45, 7) is 15.5. The van der Waals surface area contributed by atoms with E-state index in [1.54, 1.807) is 12.4 Å². The molecular weight excluding hydrogens is 536 g/mol. The number of aromatic nitrogens is 3. The molecule has 1 N–H and O–H groups in total. The molecule has 3 heterocycles. The second-order valence-electron chi connectivity index (χ2n) is 10.2. The van der Waals surface area contributed by atoms with E-state index in [4.69, 9.17) is 16.6 Å². The summed E-state index contributed by atoms with van der Waals surface area (Å²) < 4.78 is 19.0. The summed E-state index contributed by atoms with van der Waals surface area (Å²) in [6, 6.07) is 1.99. The molecule has 34 heavy (non-hydrogen) atoms. The van der Waals surface area contributed by atoms with Gasteiger partial charge in [0, 0.05) is 41.8 Å². The molecule has 7 nitrogen and oxygen atoms in total. The molecule has 0 saturated carbocycles. The molecule has 2 atom stereocenters. The number of piperidine rings is 1. The summed E-state index contributed by atoms with van der Waals surface area (Å²) in [5.74, 6) is 0.954. The molecule has 1 saturated heterocycles. The standard InChI is InChI=1S/C24H32BrClN6OS/c1-15(26)14-27-18-13-24(20(16(18)2)30-34(33)23(4,5)6)8-11-31(12-9-24)22-19-7-10-28-32(19)21(25)17(3)29-22/h7,10,14,20,30H,1,8-9,11-13H2,2-6H3/t20-,34?/m1/s1. The van der Waals surface area contributed by atoms with Crippen molar-refractivity contribution in [2.45, 2.75) is 64.7 Å². The maximum atomic E-state index is 13.1. The average Bonchev–Trinajstić information content (AvgIpc) is 3.35. The van der Waals surface area contributed by atoms with Crippen LogP contribution in [0.5, 0.6) is 0 Å². The Morgan fingerprint density at radius 1 is 1.38 bits per heavy atom. The van der Waals surface area contributed by atoms with Gasteiger partial charge in [0.2, 0.25) is 0 Å². The Bertz CT molecular complexity index is 1160. The van der Waals surface area contributed by atoms with Crippen LogP contribution in [-0.2, 0) is 11.4 Å². The minimum absolute atomic E-state index is 0.0138. The molecule has 1 unspecified atom stereocenters. The number of aryl methyl sites for hydroxylation is 1. The first-order chi connectivity index (χ1) is 15.9. The van der Waals surface area contributed by atoms with Gasteiger partial charge >= 0.3 is 0 Å². The smallest absolute Gasteiger partial charge is 0.155 e. The monoisotopic (exact) mass is 566 g/mol. The Morgan fingerprint density at radius 2 is 2.06 bits per heavy atom. The first-order valence-electron chi connectivity index (χ1n) is 11.4. The van der Waals surface area contributed by atoms with Crippen LogP contribution in [0, 0.1) is 12.3 Å². The van der Waals surface area contributed by atoms with Crippen LogP contribution in [-0.4, -0.2) is 49.2 Å². The van der Waals surface area contributed by atoms with Crippen LogP contribution in [0.15, 0.2) is 44.7 Å². The lowest BCUT2D eigenvalue weighted by Crippen LogP contribution is -2.54. The van der Waals surface area contributed by atoms with Crippen LogP contribution in [0.3, 0.4) is 0 Å². The predicted molar refractivity (Wildman–Crippen MR) is 145 cm³/mol. The Labute approximate surface area is 218 Å². The van der Waals surface area contributed by atoms with E-state index in [0.29, 0.717) is 5.03 Å². The third-order valence-corrected chi connectivity index (χ3v) is 9.42. The molecule has 0 amide bonds. The summed E-state index contributed by atoms with van der Waals surface area (Å²) in [5, 5.41) is 4.85. The lowest BCUT2D eigenvalue weighted by molar-refractivity contribution is 0.192. The lowest BCUT2D eigenvalue weighted by atomic mass is 9.72. The third-order valence-electron chi connectivity index (χ3n) is 6.85. The molecular formula is C24H32BrClN6OS. The molecule has 1 aliphatic carbocycles. The SMILES string of the molecule is C=C(Cl)C=NC1=C(C)[C@@H](N[S+]([O-])C(C)(C)C)C2(CCN(c3nc(C)c(Br)n4nccc34)CC2)C1. The van der Waals surface area contributed by atoms with Crippen molar-refractivity contribution in [3.05, 3.63) is 45.4 Å². The molecule has 184 valence electrons. The number of hydrogen-bond acceptors (Lipinski definition) is 6. The molecule has 2 aromatic heterocycles. The molecule has 4 rings (SSSR count). The number of fused-ring (bicyclic) bond motifs is 1. The van der Waals surface area contributed by atoms with E-state index >= 15 is 0 Å². The molecule has 10 heteroatoms. The quantitative estimate of drug-likeness (QED) is 0.391. The van der Waals surface area contributed by atoms with E-state index in [0.717, 1.165) is 65.3 Å². The van der Waals surface area contributed by atoms with Crippen molar-refractivity contribution < 1.29 is 4.55 Å². The molecule has 1 aliphatic heterocycles. The van der Waals surface area contributed by atoms with Gasteiger partial charge in [-0.3, -0.25) is 4.99 Å². The Hall–Kier alpha value is -1.39. The van der Waals surface area contributed by atoms with Gasteiger partial charge in [-0.25, -0.2) is 9.50 Å². The van der Waals surface area contributed by atoms with Gasteiger partial charge < -0.3 is 9.45 Å². The van der Waals surface area contributed by atoms with Crippen molar-refractivity contribution in [3.63, 3.8) is 0 Å². The fourth-order valence-corrected chi connectivity index (χ4v) is 6.31. The molecule has 0 aromatic carbocycles. The van der Waals surface area contributed by atoms with E-state index in [2.05, 4.69) is 49.1 Å². The number of anilines is 1. The first kappa shape index (κ1) is 25.7. The number of rotatable bonds is 5. The number of nitrogens with one attached hydrogen (secondary N) is 1. The predicted octanol–water partition coefficient (Wildman–Crippen LogP) is 5.31. The van der Waals surface area contributed by atoms with Gasteiger partial charge in [-0.1, -0.05) is 18.2 Å². The number of allylic oxidation sites excluding steroid dienone is 2. The Kier molecular flexibility index (Phi) is 7.24. The summed E-state index contributed by atoms with van der Waals surface area (Å²) in [7, 11) is 0. The van der Waals surface area contributed by atoms with Crippen LogP contribution < -0.4 is 9.62 Å². The second kappa shape index (κ2) is 9.58. The molecule has 2 aliphatic rings. The highest BCUT2D eigenvalue weighted by molar-refractivity contribution is 9.10. The largest absolute Gasteiger partial charge is 0.598 e. The van der Waals surface area contributed by atoms with E-state index in [9.17, 15) is 4.55 Å². The van der Waals surface area contributed by atoms with Crippen molar-refractivity contribution in [2.24, 2.45) is 10.4 Å². The highest BCUT2D eigenvalue weighted by Crippen LogP contribution is 2.50. The Morgan fingerprint density at radius 3 is 2.68 bits per heavy atom. The number of nitrogens with zero attached hydrogens (tertiary/aromatic N) is 5. The van der Waals surface area contributed by atoms with Gasteiger partial charge in [-0.15, -0.1) is 4.72 Å². The van der Waals surface area contributed by atoms with Gasteiger partial charge in [-0.05, 0) is 81.5 Å². The topological polar surface area (TPSA) is 80.9 Å².